The average molecular weight is 264 g/mol. The molecule has 0 aliphatic carbocycles. The first-order valence-electron chi connectivity index (χ1n) is 6.17. The Morgan fingerprint density at radius 3 is 2.68 bits per heavy atom. The van der Waals surface area contributed by atoms with Crippen molar-refractivity contribution < 1.29 is 14.8 Å². The van der Waals surface area contributed by atoms with Crippen LogP contribution in [0.4, 0.5) is 5.69 Å². The van der Waals surface area contributed by atoms with Crippen molar-refractivity contribution in [1.29, 1.82) is 0 Å². The predicted octanol–water partition coefficient (Wildman–Crippen LogP) is 1.12. The first-order valence-corrected chi connectivity index (χ1v) is 6.17. The number of likely N-dealkylation sites (tertiary alicyclic amines) is 1. The topological polar surface area (TPSA) is 83.7 Å². The lowest BCUT2D eigenvalue weighted by molar-refractivity contribution is -0.385. The van der Waals surface area contributed by atoms with Crippen LogP contribution in [0.15, 0.2) is 24.3 Å². The third-order valence-electron chi connectivity index (χ3n) is 3.51. The van der Waals surface area contributed by atoms with E-state index in [1.54, 1.807) is 18.2 Å². The lowest BCUT2D eigenvalue weighted by Crippen LogP contribution is -2.63. The van der Waals surface area contributed by atoms with E-state index in [1.807, 2.05) is 6.92 Å². The maximum Gasteiger partial charge on any atom is 0.273 e. The number of aliphatic hydroxyl groups is 1. The summed E-state index contributed by atoms with van der Waals surface area (Å²) < 4.78 is 0. The maximum atomic E-state index is 12.0. The summed E-state index contributed by atoms with van der Waals surface area (Å²) in [5.74, 6) is -0.188. The van der Waals surface area contributed by atoms with Gasteiger partial charge in [0.05, 0.1) is 30.0 Å². The zero-order valence-electron chi connectivity index (χ0n) is 10.7. The number of amides is 1. The molecule has 2 rings (SSSR count). The lowest BCUT2D eigenvalue weighted by Gasteiger charge is -2.46. The third kappa shape index (κ3) is 2.73. The van der Waals surface area contributed by atoms with Crippen LogP contribution in [0.5, 0.6) is 0 Å². The van der Waals surface area contributed by atoms with E-state index in [2.05, 4.69) is 0 Å². The standard InChI is InChI=1S/C13H16N2O4/c1-2-13(17)8-14(9-13)12(16)7-10-5-3-4-6-11(10)15(18)19/h3-6,17H,2,7-9H2,1H3. The molecule has 6 heteroatoms. The summed E-state index contributed by atoms with van der Waals surface area (Å²) in [5, 5.41) is 20.7. The number of carbonyl (C=O) groups is 1. The van der Waals surface area contributed by atoms with Gasteiger partial charge in [-0.3, -0.25) is 14.9 Å². The predicted molar refractivity (Wildman–Crippen MR) is 68.6 cm³/mol. The highest BCUT2D eigenvalue weighted by atomic mass is 16.6. The number of rotatable bonds is 4. The van der Waals surface area contributed by atoms with Gasteiger partial charge in [0.1, 0.15) is 0 Å². The molecular weight excluding hydrogens is 248 g/mol. The quantitative estimate of drug-likeness (QED) is 0.652. The number of hydrogen-bond acceptors (Lipinski definition) is 4. The molecule has 1 saturated heterocycles. The number of benzene rings is 1. The second-order valence-electron chi connectivity index (χ2n) is 4.89. The van der Waals surface area contributed by atoms with Crippen molar-refractivity contribution in [2.24, 2.45) is 0 Å². The van der Waals surface area contributed by atoms with E-state index in [0.717, 1.165) is 0 Å². The van der Waals surface area contributed by atoms with Crippen molar-refractivity contribution in [2.45, 2.75) is 25.4 Å². The second kappa shape index (κ2) is 4.97. The Hall–Kier alpha value is -1.95. The minimum absolute atomic E-state index is 0.00303. The molecule has 6 nitrogen and oxygen atoms in total. The second-order valence-corrected chi connectivity index (χ2v) is 4.89. The summed E-state index contributed by atoms with van der Waals surface area (Å²) in [6, 6.07) is 6.22. The molecular formula is C13H16N2O4. The van der Waals surface area contributed by atoms with Crippen LogP contribution in [0, 0.1) is 10.1 Å². The third-order valence-corrected chi connectivity index (χ3v) is 3.51. The van der Waals surface area contributed by atoms with Crippen molar-refractivity contribution >= 4 is 11.6 Å². The van der Waals surface area contributed by atoms with E-state index in [4.69, 9.17) is 0 Å². The Bertz CT molecular complexity index is 509. The van der Waals surface area contributed by atoms with Crippen LogP contribution in [0.25, 0.3) is 0 Å². The highest BCUT2D eigenvalue weighted by Gasteiger charge is 2.41. The van der Waals surface area contributed by atoms with E-state index in [-0.39, 0.29) is 18.0 Å². The van der Waals surface area contributed by atoms with Gasteiger partial charge in [-0.2, -0.15) is 0 Å². The smallest absolute Gasteiger partial charge is 0.273 e. The molecule has 1 heterocycles. The monoisotopic (exact) mass is 264 g/mol. The average Bonchev–Trinajstić information content (AvgIpc) is 2.35. The summed E-state index contributed by atoms with van der Waals surface area (Å²) in [5.41, 5.74) is -0.412. The van der Waals surface area contributed by atoms with Gasteiger partial charge in [-0.1, -0.05) is 25.1 Å². The summed E-state index contributed by atoms with van der Waals surface area (Å²) in [4.78, 5) is 23.9. The number of nitro groups is 1. The Morgan fingerprint density at radius 2 is 2.11 bits per heavy atom. The largest absolute Gasteiger partial charge is 0.386 e. The Labute approximate surface area is 110 Å². The van der Waals surface area contributed by atoms with Crippen molar-refractivity contribution in [3.63, 3.8) is 0 Å². The minimum Gasteiger partial charge on any atom is -0.386 e. The van der Waals surface area contributed by atoms with Crippen LogP contribution in [0.1, 0.15) is 18.9 Å². The molecule has 0 unspecified atom stereocenters. The molecule has 0 spiro atoms. The zero-order valence-corrected chi connectivity index (χ0v) is 10.7. The highest BCUT2D eigenvalue weighted by molar-refractivity contribution is 5.81. The fraction of sp³-hybridized carbons (Fsp3) is 0.462. The van der Waals surface area contributed by atoms with Gasteiger partial charge in [0.2, 0.25) is 5.91 Å². The van der Waals surface area contributed by atoms with Crippen molar-refractivity contribution in [2.75, 3.05) is 13.1 Å². The van der Waals surface area contributed by atoms with Gasteiger partial charge >= 0.3 is 0 Å². The van der Waals surface area contributed by atoms with Crippen molar-refractivity contribution in [1.82, 2.24) is 4.90 Å². The maximum absolute atomic E-state index is 12.0. The van der Waals surface area contributed by atoms with E-state index in [1.165, 1.54) is 11.0 Å². The fourth-order valence-corrected chi connectivity index (χ4v) is 2.18. The van der Waals surface area contributed by atoms with Crippen molar-refractivity contribution in [3.05, 3.63) is 39.9 Å². The Balaban J connectivity index is 2.03. The van der Waals surface area contributed by atoms with Gasteiger partial charge in [-0.25, -0.2) is 0 Å². The van der Waals surface area contributed by atoms with E-state index >= 15 is 0 Å². The number of nitrogens with zero attached hydrogens (tertiary/aromatic N) is 2. The van der Waals surface area contributed by atoms with Crippen LogP contribution in [-0.2, 0) is 11.2 Å². The molecule has 1 fully saturated rings. The number of carbonyl (C=O) groups excluding carboxylic acids is 1. The molecule has 1 N–H and O–H groups in total. The molecule has 1 amide bonds. The van der Waals surface area contributed by atoms with E-state index in [0.29, 0.717) is 25.1 Å². The summed E-state index contributed by atoms with van der Waals surface area (Å²) in [6.07, 6.45) is 0.596. The summed E-state index contributed by atoms with van der Waals surface area (Å²) in [6.45, 7) is 2.48. The van der Waals surface area contributed by atoms with Gasteiger partial charge in [0.15, 0.2) is 0 Å². The van der Waals surface area contributed by atoms with Crippen LogP contribution in [0.3, 0.4) is 0 Å². The number of para-hydroxylation sites is 1. The zero-order chi connectivity index (χ0) is 14.0. The van der Waals surface area contributed by atoms with E-state index < -0.39 is 10.5 Å². The fourth-order valence-electron chi connectivity index (χ4n) is 2.18. The van der Waals surface area contributed by atoms with Gasteiger partial charge < -0.3 is 10.0 Å². The van der Waals surface area contributed by atoms with Crippen LogP contribution >= 0.6 is 0 Å². The first kappa shape index (κ1) is 13.5. The molecule has 0 aromatic heterocycles. The minimum atomic E-state index is -0.779. The van der Waals surface area contributed by atoms with Gasteiger partial charge in [0.25, 0.3) is 5.69 Å². The van der Waals surface area contributed by atoms with Gasteiger partial charge in [0, 0.05) is 11.6 Å². The normalized spacial score (nSPS) is 16.8. The SMILES string of the molecule is CCC1(O)CN(C(=O)Cc2ccccc2[N+](=O)[O-])C1. The highest BCUT2D eigenvalue weighted by Crippen LogP contribution is 2.26. The molecule has 19 heavy (non-hydrogen) atoms. The molecule has 0 atom stereocenters. The molecule has 0 bridgehead atoms. The summed E-state index contributed by atoms with van der Waals surface area (Å²) in [7, 11) is 0. The Morgan fingerprint density at radius 1 is 1.47 bits per heavy atom. The molecule has 102 valence electrons. The van der Waals surface area contributed by atoms with Crippen LogP contribution < -0.4 is 0 Å². The number of nitro benzene ring substituents is 1. The number of β-amino-alcohol motifs (C(OH)–C–C–N with tert-alkyl or cyclic N) is 1. The first-order chi connectivity index (χ1) is 8.95. The molecule has 0 radical (unpaired) electrons. The molecule has 0 saturated carbocycles. The van der Waals surface area contributed by atoms with Crippen LogP contribution in [0.2, 0.25) is 0 Å². The lowest BCUT2D eigenvalue weighted by atomic mass is 9.90. The van der Waals surface area contributed by atoms with Crippen LogP contribution in [-0.4, -0.2) is 39.5 Å². The number of hydrogen-bond donors (Lipinski definition) is 1. The molecule has 1 aliphatic heterocycles. The molecule has 1 aromatic carbocycles. The van der Waals surface area contributed by atoms with Crippen molar-refractivity contribution in [3.8, 4) is 0 Å². The molecule has 1 aliphatic rings. The summed E-state index contributed by atoms with van der Waals surface area (Å²) >= 11 is 0. The van der Waals surface area contributed by atoms with E-state index in [9.17, 15) is 20.0 Å². The van der Waals surface area contributed by atoms with Gasteiger partial charge in [-0.15, -0.1) is 0 Å². The van der Waals surface area contributed by atoms with Gasteiger partial charge in [-0.05, 0) is 6.42 Å². The molecule has 1 aromatic rings. The Kier molecular flexibility index (Phi) is 3.53.